The van der Waals surface area contributed by atoms with Crippen molar-refractivity contribution >= 4 is 34.2 Å². The number of amides is 1. The molecule has 0 fully saturated rings. The molecule has 0 saturated carbocycles. The quantitative estimate of drug-likeness (QED) is 0.340. The zero-order chi connectivity index (χ0) is 22.7. The maximum absolute atomic E-state index is 12.7. The van der Waals surface area contributed by atoms with Crippen LogP contribution in [0.5, 0.6) is 0 Å². The Morgan fingerprint density at radius 2 is 1.66 bits per heavy atom. The highest BCUT2D eigenvalue weighted by molar-refractivity contribution is 6.34. The molecule has 1 amide bonds. The summed E-state index contributed by atoms with van der Waals surface area (Å²) >= 11 is 6.43. The van der Waals surface area contributed by atoms with Crippen LogP contribution < -0.4 is 5.32 Å². The third-order valence-corrected chi connectivity index (χ3v) is 5.86. The van der Waals surface area contributed by atoms with Gasteiger partial charge in [-0.25, -0.2) is 0 Å². The van der Waals surface area contributed by atoms with E-state index in [9.17, 15) is 4.79 Å². The standard InChI is InChI=1S/C26H27ClN4O/c1-4-5-6-18-7-13-21(14-8-18)31-29-24-15-22(27)23(16-25(24)30-31)28-26(32)20-11-9-19(10-12-20)17(2)3/h7-17H,4-6H2,1-3H3,(H,28,32). The number of anilines is 1. The van der Waals surface area contributed by atoms with E-state index in [4.69, 9.17) is 11.6 Å². The molecule has 1 aromatic heterocycles. The van der Waals surface area contributed by atoms with Gasteiger partial charge in [0.2, 0.25) is 0 Å². The second kappa shape index (κ2) is 9.53. The van der Waals surface area contributed by atoms with Crippen LogP contribution in [0.3, 0.4) is 0 Å². The summed E-state index contributed by atoms with van der Waals surface area (Å²) < 4.78 is 0. The molecule has 4 aromatic rings. The highest BCUT2D eigenvalue weighted by atomic mass is 35.5. The average Bonchev–Trinajstić information content (AvgIpc) is 3.21. The number of unbranched alkanes of at least 4 members (excludes halogenated alkanes) is 1. The van der Waals surface area contributed by atoms with Gasteiger partial charge < -0.3 is 5.32 Å². The molecule has 1 heterocycles. The van der Waals surface area contributed by atoms with Crippen LogP contribution in [0.25, 0.3) is 16.7 Å². The van der Waals surface area contributed by atoms with E-state index in [0.717, 1.165) is 12.1 Å². The average molecular weight is 447 g/mol. The van der Waals surface area contributed by atoms with Crippen LogP contribution in [-0.4, -0.2) is 20.9 Å². The molecule has 0 aliphatic carbocycles. The number of benzene rings is 3. The number of nitrogens with one attached hydrogen (secondary N) is 1. The highest BCUT2D eigenvalue weighted by Gasteiger charge is 2.13. The summed E-state index contributed by atoms with van der Waals surface area (Å²) in [5.74, 6) is 0.204. The number of hydrogen-bond acceptors (Lipinski definition) is 3. The summed E-state index contributed by atoms with van der Waals surface area (Å²) in [6.07, 6.45) is 3.43. The van der Waals surface area contributed by atoms with Crippen molar-refractivity contribution in [1.82, 2.24) is 15.0 Å². The molecule has 32 heavy (non-hydrogen) atoms. The first-order valence-electron chi connectivity index (χ1n) is 11.0. The topological polar surface area (TPSA) is 59.8 Å². The molecule has 164 valence electrons. The number of aryl methyl sites for hydroxylation is 1. The van der Waals surface area contributed by atoms with Crippen molar-refractivity contribution in [3.05, 3.63) is 82.4 Å². The fourth-order valence-corrected chi connectivity index (χ4v) is 3.75. The molecule has 0 atom stereocenters. The van der Waals surface area contributed by atoms with Crippen LogP contribution in [0.4, 0.5) is 5.69 Å². The summed E-state index contributed by atoms with van der Waals surface area (Å²) in [5, 5.41) is 12.5. The van der Waals surface area contributed by atoms with Gasteiger partial charge in [-0.05, 0) is 66.3 Å². The van der Waals surface area contributed by atoms with Crippen molar-refractivity contribution in [3.8, 4) is 5.69 Å². The minimum Gasteiger partial charge on any atom is -0.321 e. The molecule has 0 saturated heterocycles. The predicted molar refractivity (Wildman–Crippen MR) is 131 cm³/mol. The van der Waals surface area contributed by atoms with Gasteiger partial charge in [-0.2, -0.15) is 4.80 Å². The molecular formula is C26H27ClN4O. The van der Waals surface area contributed by atoms with Crippen LogP contribution in [0, 0.1) is 0 Å². The summed E-state index contributed by atoms with van der Waals surface area (Å²) in [5.41, 5.74) is 5.81. The van der Waals surface area contributed by atoms with Crippen molar-refractivity contribution in [1.29, 1.82) is 0 Å². The lowest BCUT2D eigenvalue weighted by Gasteiger charge is -2.09. The van der Waals surface area contributed by atoms with Crippen LogP contribution in [0.15, 0.2) is 60.7 Å². The van der Waals surface area contributed by atoms with Crippen molar-refractivity contribution in [2.45, 2.75) is 46.0 Å². The van der Waals surface area contributed by atoms with E-state index in [2.05, 4.69) is 48.4 Å². The number of halogens is 1. The SMILES string of the molecule is CCCCc1ccc(-n2nc3cc(Cl)c(NC(=O)c4ccc(C(C)C)cc4)cc3n2)cc1. The maximum Gasteiger partial charge on any atom is 0.255 e. The fraction of sp³-hybridized carbons (Fsp3) is 0.269. The predicted octanol–water partition coefficient (Wildman–Crippen LogP) is 6.79. The first-order chi connectivity index (χ1) is 15.4. The third-order valence-electron chi connectivity index (χ3n) is 5.54. The molecule has 0 unspecified atom stereocenters. The number of rotatable bonds is 7. The van der Waals surface area contributed by atoms with Crippen molar-refractivity contribution in [3.63, 3.8) is 0 Å². The summed E-state index contributed by atoms with van der Waals surface area (Å²) in [4.78, 5) is 14.3. The van der Waals surface area contributed by atoms with Crippen LogP contribution in [0.1, 0.15) is 61.0 Å². The number of carbonyl (C=O) groups excluding carboxylic acids is 1. The Kier molecular flexibility index (Phi) is 6.56. The first-order valence-corrected chi connectivity index (χ1v) is 11.4. The minimum atomic E-state index is -0.211. The Labute approximate surface area is 193 Å². The Balaban J connectivity index is 1.55. The molecule has 0 aliphatic rings. The number of aromatic nitrogens is 3. The van der Waals surface area contributed by atoms with Gasteiger partial charge in [0.05, 0.1) is 16.4 Å². The van der Waals surface area contributed by atoms with E-state index in [-0.39, 0.29) is 5.91 Å². The van der Waals surface area contributed by atoms with Crippen molar-refractivity contribution in [2.24, 2.45) is 0 Å². The zero-order valence-corrected chi connectivity index (χ0v) is 19.4. The number of nitrogens with zero attached hydrogens (tertiary/aromatic N) is 3. The van der Waals surface area contributed by atoms with Gasteiger partial charge in [0, 0.05) is 5.56 Å². The monoisotopic (exact) mass is 446 g/mol. The summed E-state index contributed by atoms with van der Waals surface area (Å²) in [6, 6.07) is 19.4. The molecule has 5 nitrogen and oxygen atoms in total. The lowest BCUT2D eigenvalue weighted by atomic mass is 10.0. The molecule has 6 heteroatoms. The summed E-state index contributed by atoms with van der Waals surface area (Å²) in [6.45, 7) is 6.44. The van der Waals surface area contributed by atoms with Crippen molar-refractivity contribution < 1.29 is 4.79 Å². The first kappa shape index (κ1) is 22.0. The fourth-order valence-electron chi connectivity index (χ4n) is 3.54. The second-order valence-electron chi connectivity index (χ2n) is 8.31. The molecule has 0 spiro atoms. The summed E-state index contributed by atoms with van der Waals surface area (Å²) in [7, 11) is 0. The molecular weight excluding hydrogens is 420 g/mol. The highest BCUT2D eigenvalue weighted by Crippen LogP contribution is 2.28. The van der Waals surface area contributed by atoms with Crippen molar-refractivity contribution in [2.75, 3.05) is 5.32 Å². The van der Waals surface area contributed by atoms with Crippen LogP contribution in [-0.2, 0) is 6.42 Å². The van der Waals surface area contributed by atoms with E-state index in [1.807, 2.05) is 36.4 Å². The van der Waals surface area contributed by atoms with Gasteiger partial charge in [0.1, 0.15) is 11.0 Å². The number of carbonyl (C=O) groups is 1. The second-order valence-corrected chi connectivity index (χ2v) is 8.72. The maximum atomic E-state index is 12.7. The van der Waals surface area contributed by atoms with E-state index in [1.165, 1.54) is 24.0 Å². The van der Waals surface area contributed by atoms with Gasteiger partial charge in [0.15, 0.2) is 0 Å². The normalized spacial score (nSPS) is 11.3. The Hall–Kier alpha value is -3.18. The van der Waals surface area contributed by atoms with Gasteiger partial charge in [-0.3, -0.25) is 4.79 Å². The molecule has 0 aliphatic heterocycles. The van der Waals surface area contributed by atoms with Gasteiger partial charge in [-0.1, -0.05) is 63.1 Å². The lowest BCUT2D eigenvalue weighted by Crippen LogP contribution is -2.12. The minimum absolute atomic E-state index is 0.211. The molecule has 4 rings (SSSR count). The number of fused-ring (bicyclic) bond motifs is 1. The van der Waals surface area contributed by atoms with Gasteiger partial charge in [0.25, 0.3) is 5.91 Å². The Morgan fingerprint density at radius 1 is 1.00 bits per heavy atom. The van der Waals surface area contributed by atoms with Gasteiger partial charge >= 0.3 is 0 Å². The molecule has 0 bridgehead atoms. The Bertz CT molecular complexity index is 1230. The van der Waals surface area contributed by atoms with E-state index in [1.54, 1.807) is 16.9 Å². The number of hydrogen-bond donors (Lipinski definition) is 1. The van der Waals surface area contributed by atoms with Gasteiger partial charge in [-0.15, -0.1) is 10.2 Å². The van der Waals surface area contributed by atoms with E-state index < -0.39 is 0 Å². The molecule has 3 aromatic carbocycles. The van der Waals surface area contributed by atoms with E-state index >= 15 is 0 Å². The smallest absolute Gasteiger partial charge is 0.255 e. The molecule has 1 N–H and O–H groups in total. The lowest BCUT2D eigenvalue weighted by molar-refractivity contribution is 0.102. The van der Waals surface area contributed by atoms with Crippen LogP contribution >= 0.6 is 11.6 Å². The largest absolute Gasteiger partial charge is 0.321 e. The Morgan fingerprint density at radius 3 is 2.28 bits per heavy atom. The van der Waals surface area contributed by atoms with Crippen LogP contribution in [0.2, 0.25) is 5.02 Å². The molecule has 0 radical (unpaired) electrons. The zero-order valence-electron chi connectivity index (χ0n) is 18.6. The third kappa shape index (κ3) is 4.83. The van der Waals surface area contributed by atoms with E-state index in [0.29, 0.717) is 33.2 Å².